The van der Waals surface area contributed by atoms with E-state index in [1.807, 2.05) is 13.2 Å². The maximum Gasteiger partial charge on any atom is 0.290 e. The van der Waals surface area contributed by atoms with Crippen molar-refractivity contribution >= 4 is 12.4 Å². The van der Waals surface area contributed by atoms with Crippen LogP contribution in [0.1, 0.15) is 0 Å². The average molecular weight is 280 g/mol. The molecular weight excluding hydrogens is 264 g/mol. The van der Waals surface area contributed by atoms with Crippen LogP contribution in [0.15, 0.2) is 12.4 Å². The lowest BCUT2D eigenvalue weighted by molar-refractivity contribution is -0.122. The van der Waals surface area contributed by atoms with Gasteiger partial charge in [-0.3, -0.25) is 14.6 Å². The van der Waals surface area contributed by atoms with Gasteiger partial charge < -0.3 is 14.7 Å². The van der Waals surface area contributed by atoms with Gasteiger partial charge in [0, 0.05) is 26.3 Å². The molecule has 2 aromatic heterocycles. The molecule has 3 rings (SSSR count). The molecule has 1 fully saturated rings. The molecule has 0 aliphatic carbocycles. The van der Waals surface area contributed by atoms with Gasteiger partial charge in [0.25, 0.3) is 6.47 Å². The van der Waals surface area contributed by atoms with E-state index < -0.39 is 0 Å². The first-order valence-electron chi connectivity index (χ1n) is 6.06. The summed E-state index contributed by atoms with van der Waals surface area (Å²) >= 11 is 0. The van der Waals surface area contributed by atoms with Crippen molar-refractivity contribution in [1.82, 2.24) is 25.0 Å². The Labute approximate surface area is 115 Å². The largest absolute Gasteiger partial charge is 0.483 e. The Hall–Kier alpha value is -2.42. The van der Waals surface area contributed by atoms with Crippen LogP contribution in [0.4, 0.5) is 5.95 Å². The smallest absolute Gasteiger partial charge is 0.290 e. The molecule has 3 heterocycles. The number of nitrogens with zero attached hydrogens (tertiary/aromatic N) is 5. The van der Waals surface area contributed by atoms with Crippen LogP contribution in [0.2, 0.25) is 0 Å². The fraction of sp³-hybridized carbons (Fsp3) is 0.455. The molecule has 0 saturated carbocycles. The third-order valence-electron chi connectivity index (χ3n) is 2.75. The fourth-order valence-corrected chi connectivity index (χ4v) is 1.83. The predicted molar refractivity (Wildman–Crippen MR) is 70.3 cm³/mol. The molecule has 0 atom stereocenters. The van der Waals surface area contributed by atoms with Gasteiger partial charge >= 0.3 is 0 Å². The average Bonchev–Trinajstić information content (AvgIpc) is 3.09. The third kappa shape index (κ3) is 3.32. The van der Waals surface area contributed by atoms with Crippen molar-refractivity contribution in [2.45, 2.75) is 0 Å². The molecule has 20 heavy (non-hydrogen) atoms. The Bertz CT molecular complexity index is 546. The summed E-state index contributed by atoms with van der Waals surface area (Å²) in [5.41, 5.74) is 0.944. The molecule has 108 valence electrons. The maximum absolute atomic E-state index is 8.36. The summed E-state index contributed by atoms with van der Waals surface area (Å²) in [5.74, 6) is 1.48. The number of aromatic amines is 1. The standard InChI is InChI=1S/C10H14N6O.CH2O2/c1-15-7-8(6-11-15)9-12-10(14-13-9)16-2-4-17-5-3-16;2-1-3/h6-7H,2-5H2,1H3,(H,12,13,14);1H,(H,2,3). The molecule has 0 amide bonds. The molecule has 2 N–H and O–H groups in total. The molecule has 1 saturated heterocycles. The minimum atomic E-state index is -0.250. The van der Waals surface area contributed by atoms with Crippen LogP contribution < -0.4 is 4.90 Å². The van der Waals surface area contributed by atoms with Crippen LogP contribution in [0, 0.1) is 0 Å². The molecule has 0 bridgehead atoms. The highest BCUT2D eigenvalue weighted by Crippen LogP contribution is 2.17. The van der Waals surface area contributed by atoms with Gasteiger partial charge in [-0.2, -0.15) is 10.1 Å². The van der Waals surface area contributed by atoms with Crippen molar-refractivity contribution in [3.8, 4) is 11.4 Å². The monoisotopic (exact) mass is 280 g/mol. The molecule has 2 aromatic rings. The van der Waals surface area contributed by atoms with Crippen LogP contribution in [-0.2, 0) is 16.6 Å². The first kappa shape index (κ1) is 14.0. The number of hydrogen-bond donors (Lipinski definition) is 2. The molecule has 0 unspecified atom stereocenters. The highest BCUT2D eigenvalue weighted by atomic mass is 16.5. The van der Waals surface area contributed by atoms with Gasteiger partial charge in [0.2, 0.25) is 5.95 Å². The molecule has 0 radical (unpaired) electrons. The van der Waals surface area contributed by atoms with E-state index in [1.54, 1.807) is 10.9 Å². The summed E-state index contributed by atoms with van der Waals surface area (Å²) in [6.45, 7) is 2.89. The van der Waals surface area contributed by atoms with E-state index in [2.05, 4.69) is 25.2 Å². The second-order valence-electron chi connectivity index (χ2n) is 4.09. The minimum Gasteiger partial charge on any atom is -0.483 e. The zero-order valence-corrected chi connectivity index (χ0v) is 11.1. The van der Waals surface area contributed by atoms with Crippen molar-refractivity contribution in [3.63, 3.8) is 0 Å². The van der Waals surface area contributed by atoms with Crippen molar-refractivity contribution in [2.75, 3.05) is 31.2 Å². The molecule has 0 aromatic carbocycles. The highest BCUT2D eigenvalue weighted by molar-refractivity contribution is 5.53. The number of anilines is 1. The van der Waals surface area contributed by atoms with Crippen LogP contribution in [0.5, 0.6) is 0 Å². The van der Waals surface area contributed by atoms with Gasteiger partial charge in [-0.15, -0.1) is 5.10 Å². The van der Waals surface area contributed by atoms with E-state index in [-0.39, 0.29) is 6.47 Å². The third-order valence-corrected chi connectivity index (χ3v) is 2.75. The van der Waals surface area contributed by atoms with Crippen LogP contribution in [-0.4, -0.2) is 62.8 Å². The zero-order chi connectivity index (χ0) is 14.4. The van der Waals surface area contributed by atoms with Crippen LogP contribution in [0.3, 0.4) is 0 Å². The van der Waals surface area contributed by atoms with Gasteiger partial charge in [-0.25, -0.2) is 0 Å². The number of aryl methyl sites for hydroxylation is 1. The summed E-state index contributed by atoms with van der Waals surface area (Å²) < 4.78 is 7.04. The second kappa shape index (κ2) is 6.66. The van der Waals surface area contributed by atoms with Gasteiger partial charge in [0.1, 0.15) is 0 Å². The lowest BCUT2D eigenvalue weighted by atomic mass is 10.3. The first-order valence-corrected chi connectivity index (χ1v) is 6.06. The molecule has 0 spiro atoms. The summed E-state index contributed by atoms with van der Waals surface area (Å²) in [6.07, 6.45) is 3.67. The number of hydrogen-bond acceptors (Lipinski definition) is 6. The predicted octanol–water partition coefficient (Wildman–Crippen LogP) is -0.257. The Morgan fingerprint density at radius 1 is 1.45 bits per heavy atom. The van der Waals surface area contributed by atoms with Crippen molar-refractivity contribution < 1.29 is 14.6 Å². The Kier molecular flexibility index (Phi) is 4.66. The van der Waals surface area contributed by atoms with E-state index >= 15 is 0 Å². The van der Waals surface area contributed by atoms with E-state index in [0.29, 0.717) is 0 Å². The van der Waals surface area contributed by atoms with E-state index in [4.69, 9.17) is 14.6 Å². The number of carboxylic acid groups (broad SMARTS) is 1. The quantitative estimate of drug-likeness (QED) is 0.729. The summed E-state index contributed by atoms with van der Waals surface area (Å²) in [6, 6.07) is 0. The Morgan fingerprint density at radius 3 is 2.75 bits per heavy atom. The van der Waals surface area contributed by atoms with E-state index in [9.17, 15) is 0 Å². The normalized spacial score (nSPS) is 14.6. The van der Waals surface area contributed by atoms with Crippen LogP contribution >= 0.6 is 0 Å². The van der Waals surface area contributed by atoms with Crippen molar-refractivity contribution in [3.05, 3.63) is 12.4 Å². The molecule has 9 nitrogen and oxygen atoms in total. The fourth-order valence-electron chi connectivity index (χ4n) is 1.83. The summed E-state index contributed by atoms with van der Waals surface area (Å²) in [5, 5.41) is 18.2. The molecule has 9 heteroatoms. The lowest BCUT2D eigenvalue weighted by Crippen LogP contribution is -2.36. The number of rotatable bonds is 2. The number of nitrogens with one attached hydrogen (secondary N) is 1. The minimum absolute atomic E-state index is 0.250. The zero-order valence-electron chi connectivity index (χ0n) is 11.1. The molecule has 1 aliphatic heterocycles. The summed E-state index contributed by atoms with van der Waals surface area (Å²) in [7, 11) is 1.88. The number of ether oxygens (including phenoxy) is 1. The van der Waals surface area contributed by atoms with Gasteiger partial charge in [0.05, 0.1) is 25.0 Å². The topological polar surface area (TPSA) is 109 Å². The highest BCUT2D eigenvalue weighted by Gasteiger charge is 2.16. The van der Waals surface area contributed by atoms with E-state index in [1.165, 1.54) is 0 Å². The first-order chi connectivity index (χ1) is 9.74. The van der Waals surface area contributed by atoms with E-state index in [0.717, 1.165) is 43.6 Å². The molecule has 1 aliphatic rings. The van der Waals surface area contributed by atoms with Crippen molar-refractivity contribution in [2.24, 2.45) is 7.05 Å². The number of morpholine rings is 1. The maximum atomic E-state index is 8.36. The van der Waals surface area contributed by atoms with Crippen molar-refractivity contribution in [1.29, 1.82) is 0 Å². The summed E-state index contributed by atoms with van der Waals surface area (Å²) in [4.78, 5) is 14.9. The van der Waals surface area contributed by atoms with Gasteiger partial charge in [-0.1, -0.05) is 0 Å². The van der Waals surface area contributed by atoms with Gasteiger partial charge in [0.15, 0.2) is 5.82 Å². The lowest BCUT2D eigenvalue weighted by Gasteiger charge is -2.25. The van der Waals surface area contributed by atoms with Gasteiger partial charge in [-0.05, 0) is 0 Å². The molecular formula is C11H16N6O3. The Morgan fingerprint density at radius 2 is 2.15 bits per heavy atom. The number of H-pyrrole nitrogens is 1. The SMILES string of the molecule is Cn1cc(-c2nc(N3CCOCC3)n[nH]2)cn1.O=CO. The number of aromatic nitrogens is 5. The van der Waals surface area contributed by atoms with Crippen LogP contribution in [0.25, 0.3) is 11.4 Å². The Balaban J connectivity index is 0.000000452. The number of carbonyl (C=O) groups is 1. The second-order valence-corrected chi connectivity index (χ2v) is 4.09.